The molecular weight excluding hydrogens is 236 g/mol. The maximum Gasteiger partial charge on any atom is 0.326 e. The lowest BCUT2D eigenvalue weighted by Gasteiger charge is -2.07. The van der Waals surface area contributed by atoms with E-state index in [2.05, 4.69) is 10.6 Å². The predicted octanol–water partition coefficient (Wildman–Crippen LogP) is 0.971. The number of carbonyl (C=O) groups excluding carboxylic acids is 2. The zero-order chi connectivity index (χ0) is 13.1. The van der Waals surface area contributed by atoms with Gasteiger partial charge in [0.1, 0.15) is 5.70 Å². The summed E-state index contributed by atoms with van der Waals surface area (Å²) in [5, 5.41) is 14.3. The fourth-order valence-electron chi connectivity index (χ4n) is 1.57. The number of para-hydroxylation sites is 1. The average Bonchev–Trinajstić information content (AvgIpc) is 2.63. The van der Waals surface area contributed by atoms with Crippen molar-refractivity contribution in [3.8, 4) is 11.5 Å². The molecule has 0 aliphatic carbocycles. The van der Waals surface area contributed by atoms with Crippen molar-refractivity contribution in [1.82, 2.24) is 10.6 Å². The lowest BCUT2D eigenvalue weighted by molar-refractivity contribution is -0.115. The first-order chi connectivity index (χ1) is 8.61. The molecule has 94 valence electrons. The molecule has 0 saturated carbocycles. The van der Waals surface area contributed by atoms with Crippen LogP contribution in [0.3, 0.4) is 0 Å². The van der Waals surface area contributed by atoms with Crippen molar-refractivity contribution < 1.29 is 19.4 Å². The van der Waals surface area contributed by atoms with Crippen LogP contribution in [0, 0.1) is 0 Å². The van der Waals surface area contributed by atoms with Gasteiger partial charge < -0.3 is 15.2 Å². The molecule has 0 radical (unpaired) electrons. The molecule has 6 heteroatoms. The minimum absolute atomic E-state index is 0.0687. The SMILES string of the molecule is CCOc1cccc(C=C2NC(=O)NC2=O)c1O. The number of amides is 3. The summed E-state index contributed by atoms with van der Waals surface area (Å²) in [5.74, 6) is -0.265. The Kier molecular flexibility index (Phi) is 3.18. The molecule has 2 rings (SSSR count). The molecule has 1 saturated heterocycles. The second kappa shape index (κ2) is 4.79. The molecule has 0 bridgehead atoms. The van der Waals surface area contributed by atoms with E-state index in [4.69, 9.17) is 4.74 Å². The van der Waals surface area contributed by atoms with Gasteiger partial charge in [0.2, 0.25) is 0 Å². The van der Waals surface area contributed by atoms with Crippen LogP contribution in [0.4, 0.5) is 4.79 Å². The third-order valence-corrected chi connectivity index (χ3v) is 2.35. The van der Waals surface area contributed by atoms with Gasteiger partial charge in [0.05, 0.1) is 6.61 Å². The second-order valence-electron chi connectivity index (χ2n) is 3.59. The van der Waals surface area contributed by atoms with E-state index in [1.807, 2.05) is 0 Å². The minimum Gasteiger partial charge on any atom is -0.504 e. The molecule has 0 aromatic heterocycles. The van der Waals surface area contributed by atoms with Crippen LogP contribution in [-0.4, -0.2) is 23.7 Å². The summed E-state index contributed by atoms with van der Waals surface area (Å²) in [5.41, 5.74) is 0.484. The summed E-state index contributed by atoms with van der Waals surface area (Å²) < 4.78 is 5.22. The third kappa shape index (κ3) is 2.27. The highest BCUT2D eigenvalue weighted by molar-refractivity contribution is 6.14. The Hall–Kier alpha value is -2.50. The Morgan fingerprint density at radius 1 is 1.33 bits per heavy atom. The number of phenolic OH excluding ortho intramolecular Hbond substituents is 1. The number of ether oxygens (including phenoxy) is 1. The fourth-order valence-corrected chi connectivity index (χ4v) is 1.57. The summed E-state index contributed by atoms with van der Waals surface area (Å²) in [4.78, 5) is 22.3. The van der Waals surface area contributed by atoms with Crippen molar-refractivity contribution in [2.75, 3.05) is 6.61 Å². The normalized spacial score (nSPS) is 16.6. The van der Waals surface area contributed by atoms with E-state index in [1.165, 1.54) is 6.08 Å². The molecule has 1 heterocycles. The molecule has 1 aliphatic heterocycles. The predicted molar refractivity (Wildman–Crippen MR) is 63.9 cm³/mol. The van der Waals surface area contributed by atoms with E-state index in [0.29, 0.717) is 17.9 Å². The first-order valence-corrected chi connectivity index (χ1v) is 5.40. The summed E-state index contributed by atoms with van der Waals surface area (Å²) in [6.45, 7) is 2.22. The highest BCUT2D eigenvalue weighted by Crippen LogP contribution is 2.31. The van der Waals surface area contributed by atoms with Gasteiger partial charge in [0.15, 0.2) is 11.5 Å². The number of nitrogens with one attached hydrogen (secondary N) is 2. The second-order valence-corrected chi connectivity index (χ2v) is 3.59. The number of rotatable bonds is 3. The summed E-state index contributed by atoms with van der Waals surface area (Å²) in [6, 6.07) is 4.34. The van der Waals surface area contributed by atoms with Crippen LogP contribution in [-0.2, 0) is 4.79 Å². The van der Waals surface area contributed by atoms with Crippen LogP contribution >= 0.6 is 0 Å². The number of hydrogen-bond donors (Lipinski definition) is 3. The molecular formula is C12H12N2O4. The van der Waals surface area contributed by atoms with E-state index in [1.54, 1.807) is 25.1 Å². The van der Waals surface area contributed by atoms with E-state index in [-0.39, 0.29) is 11.4 Å². The summed E-state index contributed by atoms with van der Waals surface area (Å²) >= 11 is 0. The number of carbonyl (C=O) groups is 2. The highest BCUT2D eigenvalue weighted by Gasteiger charge is 2.23. The maximum absolute atomic E-state index is 11.3. The van der Waals surface area contributed by atoms with Crippen molar-refractivity contribution in [3.05, 3.63) is 29.5 Å². The largest absolute Gasteiger partial charge is 0.504 e. The first kappa shape index (κ1) is 12.0. The van der Waals surface area contributed by atoms with Gasteiger partial charge in [-0.25, -0.2) is 4.79 Å². The molecule has 0 atom stereocenters. The third-order valence-electron chi connectivity index (χ3n) is 2.35. The van der Waals surface area contributed by atoms with Crippen molar-refractivity contribution in [2.45, 2.75) is 6.92 Å². The monoisotopic (exact) mass is 248 g/mol. The van der Waals surface area contributed by atoms with Gasteiger partial charge in [-0.1, -0.05) is 12.1 Å². The van der Waals surface area contributed by atoms with E-state index < -0.39 is 11.9 Å². The fraction of sp³-hybridized carbons (Fsp3) is 0.167. The summed E-state index contributed by atoms with van der Waals surface area (Å²) in [7, 11) is 0. The van der Waals surface area contributed by atoms with Gasteiger partial charge in [-0.3, -0.25) is 10.1 Å². The number of benzene rings is 1. The lowest BCUT2D eigenvalue weighted by Crippen LogP contribution is -2.22. The van der Waals surface area contributed by atoms with Crippen molar-refractivity contribution >= 4 is 18.0 Å². The Morgan fingerprint density at radius 3 is 2.72 bits per heavy atom. The molecule has 0 unspecified atom stereocenters. The van der Waals surface area contributed by atoms with Gasteiger partial charge in [0.25, 0.3) is 5.91 Å². The molecule has 0 spiro atoms. The van der Waals surface area contributed by atoms with Crippen molar-refractivity contribution in [3.63, 3.8) is 0 Å². The zero-order valence-corrected chi connectivity index (χ0v) is 9.69. The van der Waals surface area contributed by atoms with Crippen LogP contribution < -0.4 is 15.4 Å². The average molecular weight is 248 g/mol. The van der Waals surface area contributed by atoms with Crippen LogP contribution in [0.15, 0.2) is 23.9 Å². The topological polar surface area (TPSA) is 87.7 Å². The van der Waals surface area contributed by atoms with Gasteiger partial charge in [-0.15, -0.1) is 0 Å². The molecule has 3 amide bonds. The summed E-state index contributed by atoms with van der Waals surface area (Å²) in [6.07, 6.45) is 1.39. The quantitative estimate of drug-likeness (QED) is 0.549. The van der Waals surface area contributed by atoms with Gasteiger partial charge in [0, 0.05) is 5.56 Å². The molecule has 1 fully saturated rings. The van der Waals surface area contributed by atoms with Gasteiger partial charge in [-0.2, -0.15) is 0 Å². The van der Waals surface area contributed by atoms with Gasteiger partial charge >= 0.3 is 6.03 Å². The Morgan fingerprint density at radius 2 is 2.11 bits per heavy atom. The Bertz CT molecular complexity index is 537. The molecule has 1 aromatic rings. The van der Waals surface area contributed by atoms with Crippen molar-refractivity contribution in [1.29, 1.82) is 0 Å². The van der Waals surface area contributed by atoms with Crippen molar-refractivity contribution in [2.24, 2.45) is 0 Å². The lowest BCUT2D eigenvalue weighted by atomic mass is 10.1. The number of phenols is 1. The minimum atomic E-state index is -0.577. The molecule has 18 heavy (non-hydrogen) atoms. The van der Waals surface area contributed by atoms with Crippen LogP contribution in [0.25, 0.3) is 6.08 Å². The molecule has 3 N–H and O–H groups in total. The standard InChI is InChI=1S/C12H12N2O4/c1-2-18-9-5-3-4-7(10(9)15)6-8-11(16)14-12(17)13-8/h3-6,15H,2H2,1H3,(H2,13,14,16,17). The number of hydrogen-bond acceptors (Lipinski definition) is 4. The number of urea groups is 1. The van der Waals surface area contributed by atoms with E-state index >= 15 is 0 Å². The Balaban J connectivity index is 2.35. The van der Waals surface area contributed by atoms with Crippen LogP contribution in [0.2, 0.25) is 0 Å². The smallest absolute Gasteiger partial charge is 0.326 e. The zero-order valence-electron chi connectivity index (χ0n) is 9.69. The number of imide groups is 1. The van der Waals surface area contributed by atoms with Gasteiger partial charge in [-0.05, 0) is 19.1 Å². The molecule has 6 nitrogen and oxygen atoms in total. The van der Waals surface area contributed by atoms with E-state index in [0.717, 1.165) is 0 Å². The van der Waals surface area contributed by atoms with Crippen LogP contribution in [0.5, 0.6) is 11.5 Å². The van der Waals surface area contributed by atoms with Crippen LogP contribution in [0.1, 0.15) is 12.5 Å². The molecule has 1 aromatic carbocycles. The maximum atomic E-state index is 11.3. The Labute approximate surface area is 103 Å². The molecule has 1 aliphatic rings. The number of aromatic hydroxyl groups is 1. The highest BCUT2D eigenvalue weighted by atomic mass is 16.5. The first-order valence-electron chi connectivity index (χ1n) is 5.40. The van der Waals surface area contributed by atoms with E-state index in [9.17, 15) is 14.7 Å².